The summed E-state index contributed by atoms with van der Waals surface area (Å²) in [5, 5.41) is 3.24. The second-order valence-electron chi connectivity index (χ2n) is 4.45. The van der Waals surface area contributed by atoms with Crippen LogP contribution in [0.15, 0.2) is 0 Å². The molecule has 3 nitrogen and oxygen atoms in total. The molecule has 14 heavy (non-hydrogen) atoms. The van der Waals surface area contributed by atoms with Crippen molar-refractivity contribution in [3.63, 3.8) is 0 Å². The van der Waals surface area contributed by atoms with Crippen molar-refractivity contribution in [1.29, 1.82) is 0 Å². The third kappa shape index (κ3) is 3.07. The van der Waals surface area contributed by atoms with Gasteiger partial charge < -0.3 is 10.1 Å². The summed E-state index contributed by atoms with van der Waals surface area (Å²) >= 11 is 0. The van der Waals surface area contributed by atoms with Gasteiger partial charge in [0.25, 0.3) is 0 Å². The minimum atomic E-state index is 0.162. The predicted octanol–water partition coefficient (Wildman–Crippen LogP) is 0.982. The lowest BCUT2D eigenvalue weighted by Crippen LogP contribution is -2.33. The van der Waals surface area contributed by atoms with Gasteiger partial charge >= 0.3 is 0 Å². The van der Waals surface area contributed by atoms with Crippen molar-refractivity contribution >= 4 is 5.78 Å². The van der Waals surface area contributed by atoms with Gasteiger partial charge in [0, 0.05) is 12.5 Å². The molecule has 0 aromatic rings. The van der Waals surface area contributed by atoms with Gasteiger partial charge in [-0.2, -0.15) is 0 Å². The summed E-state index contributed by atoms with van der Waals surface area (Å²) in [5.41, 5.74) is 0. The Balaban J connectivity index is 1.60. The Morgan fingerprint density at radius 2 is 2.21 bits per heavy atom. The van der Waals surface area contributed by atoms with Gasteiger partial charge in [0.1, 0.15) is 0 Å². The molecule has 0 radical (unpaired) electrons. The van der Waals surface area contributed by atoms with Crippen molar-refractivity contribution in [2.24, 2.45) is 11.8 Å². The van der Waals surface area contributed by atoms with Gasteiger partial charge in [-0.25, -0.2) is 0 Å². The van der Waals surface area contributed by atoms with Crippen molar-refractivity contribution in [3.8, 4) is 0 Å². The fraction of sp³-hybridized carbons (Fsp3) is 0.909. The maximum Gasteiger partial charge on any atom is 0.151 e. The molecule has 1 heterocycles. The molecule has 0 amide bonds. The second kappa shape index (κ2) is 4.89. The monoisotopic (exact) mass is 197 g/mol. The number of Topliss-reactive ketones (excluding diaryl/α,β-unsaturated/α-hetero) is 1. The SMILES string of the molecule is O=C(CNCC1CC1)C1CCCOC1. The van der Waals surface area contributed by atoms with Crippen molar-refractivity contribution in [1.82, 2.24) is 5.32 Å². The number of carbonyl (C=O) groups is 1. The van der Waals surface area contributed by atoms with Crippen LogP contribution in [0.1, 0.15) is 25.7 Å². The Bertz CT molecular complexity index is 195. The molecule has 3 heteroatoms. The lowest BCUT2D eigenvalue weighted by Gasteiger charge is -2.20. The lowest BCUT2D eigenvalue weighted by molar-refractivity contribution is -0.125. The number of hydrogen-bond acceptors (Lipinski definition) is 3. The molecule has 1 saturated heterocycles. The molecular formula is C11H19NO2. The zero-order chi connectivity index (χ0) is 9.80. The van der Waals surface area contributed by atoms with Crippen LogP contribution >= 0.6 is 0 Å². The van der Waals surface area contributed by atoms with E-state index >= 15 is 0 Å². The zero-order valence-corrected chi connectivity index (χ0v) is 8.63. The number of ketones is 1. The van der Waals surface area contributed by atoms with Crippen LogP contribution in [-0.2, 0) is 9.53 Å². The van der Waals surface area contributed by atoms with Crippen LogP contribution in [0.3, 0.4) is 0 Å². The first-order valence-corrected chi connectivity index (χ1v) is 5.67. The first-order valence-electron chi connectivity index (χ1n) is 5.67. The van der Waals surface area contributed by atoms with E-state index in [1.807, 2.05) is 0 Å². The molecule has 80 valence electrons. The van der Waals surface area contributed by atoms with E-state index in [0.717, 1.165) is 31.9 Å². The molecule has 0 spiro atoms. The van der Waals surface area contributed by atoms with E-state index in [2.05, 4.69) is 5.32 Å². The van der Waals surface area contributed by atoms with Crippen molar-refractivity contribution in [2.45, 2.75) is 25.7 Å². The molecule has 1 aliphatic heterocycles. The fourth-order valence-electron chi connectivity index (χ4n) is 1.86. The molecule has 0 aromatic carbocycles. The van der Waals surface area contributed by atoms with E-state index in [9.17, 15) is 4.79 Å². The van der Waals surface area contributed by atoms with Gasteiger partial charge in [0.2, 0.25) is 0 Å². The Hall–Kier alpha value is -0.410. The van der Waals surface area contributed by atoms with Gasteiger partial charge in [-0.1, -0.05) is 0 Å². The second-order valence-corrected chi connectivity index (χ2v) is 4.45. The molecule has 1 N–H and O–H groups in total. The smallest absolute Gasteiger partial charge is 0.151 e. The zero-order valence-electron chi connectivity index (χ0n) is 8.63. The van der Waals surface area contributed by atoms with Gasteiger partial charge in [-0.15, -0.1) is 0 Å². The van der Waals surface area contributed by atoms with Crippen LogP contribution < -0.4 is 5.32 Å². The third-order valence-corrected chi connectivity index (χ3v) is 3.04. The quantitative estimate of drug-likeness (QED) is 0.714. The molecule has 1 saturated carbocycles. The van der Waals surface area contributed by atoms with E-state index in [1.165, 1.54) is 12.8 Å². The number of nitrogens with one attached hydrogen (secondary N) is 1. The van der Waals surface area contributed by atoms with Gasteiger partial charge in [-0.3, -0.25) is 4.79 Å². The molecule has 1 aliphatic carbocycles. The number of rotatable bonds is 5. The number of hydrogen-bond donors (Lipinski definition) is 1. The first kappa shape index (κ1) is 10.1. The van der Waals surface area contributed by atoms with Crippen molar-refractivity contribution < 1.29 is 9.53 Å². The number of carbonyl (C=O) groups excluding carboxylic acids is 1. The molecule has 2 aliphatic rings. The van der Waals surface area contributed by atoms with E-state index in [0.29, 0.717) is 18.9 Å². The Morgan fingerprint density at radius 1 is 1.36 bits per heavy atom. The molecule has 2 fully saturated rings. The van der Waals surface area contributed by atoms with E-state index in [-0.39, 0.29) is 5.92 Å². The molecule has 0 aromatic heterocycles. The summed E-state index contributed by atoms with van der Waals surface area (Å²) < 4.78 is 5.29. The molecule has 2 rings (SSSR count). The summed E-state index contributed by atoms with van der Waals surface area (Å²) in [6, 6.07) is 0. The van der Waals surface area contributed by atoms with Crippen molar-refractivity contribution in [2.75, 3.05) is 26.3 Å². The average Bonchev–Trinajstić information content (AvgIpc) is 3.03. The minimum absolute atomic E-state index is 0.162. The summed E-state index contributed by atoms with van der Waals surface area (Å²) in [7, 11) is 0. The van der Waals surface area contributed by atoms with Crippen LogP contribution in [0.25, 0.3) is 0 Å². The minimum Gasteiger partial charge on any atom is -0.381 e. The van der Waals surface area contributed by atoms with E-state index in [4.69, 9.17) is 4.74 Å². The van der Waals surface area contributed by atoms with Crippen LogP contribution in [0.4, 0.5) is 0 Å². The van der Waals surface area contributed by atoms with Crippen LogP contribution in [0.5, 0.6) is 0 Å². The molecule has 0 bridgehead atoms. The normalized spacial score (nSPS) is 27.6. The molecule has 1 atom stereocenters. The van der Waals surface area contributed by atoms with Gasteiger partial charge in [0.05, 0.1) is 13.2 Å². The van der Waals surface area contributed by atoms with Crippen molar-refractivity contribution in [3.05, 3.63) is 0 Å². The highest BCUT2D eigenvalue weighted by Crippen LogP contribution is 2.27. The number of ether oxygens (including phenoxy) is 1. The lowest BCUT2D eigenvalue weighted by atomic mass is 9.97. The topological polar surface area (TPSA) is 38.3 Å². The van der Waals surface area contributed by atoms with Gasteiger partial charge in [-0.05, 0) is 38.1 Å². The van der Waals surface area contributed by atoms with Crippen LogP contribution in [0.2, 0.25) is 0 Å². The fourth-order valence-corrected chi connectivity index (χ4v) is 1.86. The van der Waals surface area contributed by atoms with Crippen LogP contribution in [-0.4, -0.2) is 32.1 Å². The van der Waals surface area contributed by atoms with Gasteiger partial charge in [0.15, 0.2) is 5.78 Å². The van der Waals surface area contributed by atoms with E-state index < -0.39 is 0 Å². The highest BCUT2D eigenvalue weighted by molar-refractivity contribution is 5.83. The van der Waals surface area contributed by atoms with Crippen LogP contribution in [0, 0.1) is 11.8 Å². The Morgan fingerprint density at radius 3 is 2.86 bits per heavy atom. The van der Waals surface area contributed by atoms with E-state index in [1.54, 1.807) is 0 Å². The first-order chi connectivity index (χ1) is 6.86. The Kier molecular flexibility index (Phi) is 3.54. The molecule has 1 unspecified atom stereocenters. The summed E-state index contributed by atoms with van der Waals surface area (Å²) in [5.74, 6) is 1.35. The summed E-state index contributed by atoms with van der Waals surface area (Å²) in [6.45, 7) is 3.05. The summed E-state index contributed by atoms with van der Waals surface area (Å²) in [4.78, 5) is 11.7. The maximum absolute atomic E-state index is 11.7. The largest absolute Gasteiger partial charge is 0.381 e. The maximum atomic E-state index is 11.7. The third-order valence-electron chi connectivity index (χ3n) is 3.04. The predicted molar refractivity (Wildman–Crippen MR) is 54.1 cm³/mol. The standard InChI is InChI=1S/C11H19NO2/c13-11(7-12-6-9-3-4-9)10-2-1-5-14-8-10/h9-10,12H,1-8H2. The summed E-state index contributed by atoms with van der Waals surface area (Å²) in [6.07, 6.45) is 4.74. The highest BCUT2D eigenvalue weighted by Gasteiger charge is 2.23. The Labute approximate surface area is 85.2 Å². The molecular weight excluding hydrogens is 178 g/mol. The average molecular weight is 197 g/mol. The highest BCUT2D eigenvalue weighted by atomic mass is 16.5.